The second kappa shape index (κ2) is 4.57. The van der Waals surface area contributed by atoms with Crippen LogP contribution in [-0.4, -0.2) is 19.3 Å². The Labute approximate surface area is 95.7 Å². The van der Waals surface area contributed by atoms with E-state index in [1.807, 2.05) is 19.1 Å². The molecular weight excluding hydrogens is 206 g/mol. The predicted octanol–water partition coefficient (Wildman–Crippen LogP) is 1.99. The zero-order chi connectivity index (χ0) is 11.6. The molecule has 0 bridgehead atoms. The Balaban J connectivity index is 2.10. The number of rotatable bonds is 4. The van der Waals surface area contributed by atoms with Gasteiger partial charge in [-0.15, -0.1) is 0 Å². The summed E-state index contributed by atoms with van der Waals surface area (Å²) in [5.41, 5.74) is 5.89. The average molecular weight is 225 g/mol. The lowest BCUT2D eigenvalue weighted by Gasteiger charge is -2.28. The van der Waals surface area contributed by atoms with E-state index in [-0.39, 0.29) is 11.6 Å². The quantitative estimate of drug-likeness (QED) is 0.851. The molecule has 90 valence electrons. The van der Waals surface area contributed by atoms with Crippen molar-refractivity contribution >= 4 is 0 Å². The first-order valence-electron chi connectivity index (χ1n) is 5.63. The highest BCUT2D eigenvalue weighted by Gasteiger charge is 2.38. The lowest BCUT2D eigenvalue weighted by atomic mass is 9.92. The molecule has 0 radical (unpaired) electrons. The van der Waals surface area contributed by atoms with Crippen LogP contribution in [0.4, 0.5) is 0 Å². The van der Waals surface area contributed by atoms with Crippen molar-refractivity contribution in [3.63, 3.8) is 0 Å². The molecule has 0 amide bonds. The maximum absolute atomic E-state index is 6.18. The first-order valence-corrected chi connectivity index (χ1v) is 5.63. The van der Waals surface area contributed by atoms with Gasteiger partial charge in [-0.1, -0.05) is 0 Å². The van der Waals surface area contributed by atoms with Gasteiger partial charge in [0, 0.05) is 13.7 Å². The SMILES string of the molecule is COCc1ccc(C(N)C2(C)CCCO2)o1. The van der Waals surface area contributed by atoms with Crippen LogP contribution in [0.5, 0.6) is 0 Å². The van der Waals surface area contributed by atoms with Crippen molar-refractivity contribution in [3.05, 3.63) is 23.7 Å². The van der Waals surface area contributed by atoms with Gasteiger partial charge in [-0.05, 0) is 31.9 Å². The molecule has 16 heavy (non-hydrogen) atoms. The van der Waals surface area contributed by atoms with Crippen LogP contribution in [0.3, 0.4) is 0 Å². The third-order valence-electron chi connectivity index (χ3n) is 3.18. The fraction of sp³-hybridized carbons (Fsp3) is 0.667. The van der Waals surface area contributed by atoms with Crippen LogP contribution >= 0.6 is 0 Å². The summed E-state index contributed by atoms with van der Waals surface area (Å²) in [7, 11) is 1.64. The van der Waals surface area contributed by atoms with E-state index >= 15 is 0 Å². The molecule has 2 unspecified atom stereocenters. The molecule has 0 aromatic carbocycles. The van der Waals surface area contributed by atoms with E-state index in [0.29, 0.717) is 6.61 Å². The fourth-order valence-corrected chi connectivity index (χ4v) is 2.13. The van der Waals surface area contributed by atoms with E-state index in [4.69, 9.17) is 19.6 Å². The molecule has 1 aliphatic rings. The molecule has 0 aliphatic carbocycles. The molecule has 1 fully saturated rings. The summed E-state index contributed by atoms with van der Waals surface area (Å²) in [6, 6.07) is 3.60. The number of furan rings is 1. The van der Waals surface area contributed by atoms with Crippen LogP contribution in [0, 0.1) is 0 Å². The molecule has 2 atom stereocenters. The molecule has 0 spiro atoms. The van der Waals surface area contributed by atoms with Gasteiger partial charge >= 0.3 is 0 Å². The van der Waals surface area contributed by atoms with Crippen molar-refractivity contribution in [2.45, 2.75) is 38.0 Å². The maximum Gasteiger partial charge on any atom is 0.129 e. The van der Waals surface area contributed by atoms with Gasteiger partial charge in [-0.3, -0.25) is 0 Å². The van der Waals surface area contributed by atoms with Gasteiger partial charge < -0.3 is 19.6 Å². The molecule has 2 N–H and O–H groups in total. The Kier molecular flexibility index (Phi) is 3.33. The summed E-state index contributed by atoms with van der Waals surface area (Å²) in [6.07, 6.45) is 2.05. The monoisotopic (exact) mass is 225 g/mol. The molecule has 4 heteroatoms. The number of nitrogens with two attached hydrogens (primary N) is 1. The molecular formula is C12H19NO3. The van der Waals surface area contributed by atoms with Crippen LogP contribution in [0.2, 0.25) is 0 Å². The second-order valence-electron chi connectivity index (χ2n) is 4.48. The van der Waals surface area contributed by atoms with E-state index in [0.717, 1.165) is 31.0 Å². The van der Waals surface area contributed by atoms with Gasteiger partial charge in [0.25, 0.3) is 0 Å². The standard InChI is InChI=1S/C12H19NO3/c1-12(6-3-7-15-12)11(13)10-5-4-9(16-10)8-14-2/h4-5,11H,3,6-8,13H2,1-2H3. The van der Waals surface area contributed by atoms with Gasteiger partial charge in [0.05, 0.1) is 11.6 Å². The summed E-state index contributed by atoms with van der Waals surface area (Å²) < 4.78 is 16.3. The van der Waals surface area contributed by atoms with Gasteiger partial charge in [-0.2, -0.15) is 0 Å². The number of hydrogen-bond acceptors (Lipinski definition) is 4. The number of hydrogen-bond donors (Lipinski definition) is 1. The van der Waals surface area contributed by atoms with Crippen molar-refractivity contribution in [2.75, 3.05) is 13.7 Å². The van der Waals surface area contributed by atoms with Crippen molar-refractivity contribution in [3.8, 4) is 0 Å². The lowest BCUT2D eigenvalue weighted by molar-refractivity contribution is -0.00746. The highest BCUT2D eigenvalue weighted by atomic mass is 16.5. The minimum atomic E-state index is -0.289. The van der Waals surface area contributed by atoms with Crippen LogP contribution in [-0.2, 0) is 16.1 Å². The normalized spacial score (nSPS) is 27.2. The zero-order valence-electron chi connectivity index (χ0n) is 9.86. The molecule has 2 rings (SSSR count). The third kappa shape index (κ3) is 2.14. The molecule has 2 heterocycles. The topological polar surface area (TPSA) is 57.6 Å². The molecule has 1 saturated heterocycles. The van der Waals surface area contributed by atoms with Gasteiger partial charge in [-0.25, -0.2) is 0 Å². The molecule has 4 nitrogen and oxygen atoms in total. The highest BCUT2D eigenvalue weighted by Crippen LogP contribution is 2.36. The van der Waals surface area contributed by atoms with Crippen LogP contribution in [0.25, 0.3) is 0 Å². The molecule has 1 aromatic rings. The van der Waals surface area contributed by atoms with Crippen LogP contribution < -0.4 is 5.73 Å². The minimum Gasteiger partial charge on any atom is -0.462 e. The van der Waals surface area contributed by atoms with Crippen molar-refractivity contribution in [1.82, 2.24) is 0 Å². The smallest absolute Gasteiger partial charge is 0.129 e. The van der Waals surface area contributed by atoms with Crippen LogP contribution in [0.15, 0.2) is 16.5 Å². The first kappa shape index (κ1) is 11.6. The second-order valence-corrected chi connectivity index (χ2v) is 4.48. The Morgan fingerprint density at radius 3 is 3.00 bits per heavy atom. The molecule has 0 saturated carbocycles. The summed E-state index contributed by atoms with van der Waals surface area (Å²) in [5.74, 6) is 1.57. The molecule has 1 aliphatic heterocycles. The predicted molar refractivity (Wildman–Crippen MR) is 59.9 cm³/mol. The third-order valence-corrected chi connectivity index (χ3v) is 3.18. The summed E-state index contributed by atoms with van der Waals surface area (Å²) >= 11 is 0. The summed E-state index contributed by atoms with van der Waals surface area (Å²) in [5, 5.41) is 0. The van der Waals surface area contributed by atoms with Crippen molar-refractivity contribution in [2.24, 2.45) is 5.73 Å². The Bertz CT molecular complexity index is 342. The lowest BCUT2D eigenvalue weighted by Crippen LogP contribution is -2.37. The van der Waals surface area contributed by atoms with E-state index in [2.05, 4.69) is 0 Å². The highest BCUT2D eigenvalue weighted by molar-refractivity contribution is 5.14. The van der Waals surface area contributed by atoms with E-state index < -0.39 is 0 Å². The van der Waals surface area contributed by atoms with Gasteiger partial charge in [0.15, 0.2) is 0 Å². The molecule has 1 aromatic heterocycles. The van der Waals surface area contributed by atoms with Gasteiger partial charge in [0.2, 0.25) is 0 Å². The Morgan fingerprint density at radius 1 is 1.56 bits per heavy atom. The largest absolute Gasteiger partial charge is 0.462 e. The van der Waals surface area contributed by atoms with E-state index in [1.165, 1.54) is 0 Å². The Morgan fingerprint density at radius 2 is 2.38 bits per heavy atom. The average Bonchev–Trinajstić information content (AvgIpc) is 2.88. The fourth-order valence-electron chi connectivity index (χ4n) is 2.13. The first-order chi connectivity index (χ1) is 7.65. The zero-order valence-corrected chi connectivity index (χ0v) is 9.86. The van der Waals surface area contributed by atoms with E-state index in [9.17, 15) is 0 Å². The Hall–Kier alpha value is -0.840. The minimum absolute atomic E-state index is 0.208. The van der Waals surface area contributed by atoms with Crippen LogP contribution in [0.1, 0.15) is 37.3 Å². The summed E-state index contributed by atoms with van der Waals surface area (Å²) in [6.45, 7) is 3.31. The van der Waals surface area contributed by atoms with Crippen molar-refractivity contribution < 1.29 is 13.9 Å². The number of ether oxygens (including phenoxy) is 2. The summed E-state index contributed by atoms with van der Waals surface area (Å²) in [4.78, 5) is 0. The van der Waals surface area contributed by atoms with Gasteiger partial charge in [0.1, 0.15) is 18.1 Å². The van der Waals surface area contributed by atoms with E-state index in [1.54, 1.807) is 7.11 Å². The van der Waals surface area contributed by atoms with Crippen molar-refractivity contribution in [1.29, 1.82) is 0 Å². The number of methoxy groups -OCH3 is 1. The maximum atomic E-state index is 6.18.